The molecule has 0 spiro atoms. The molecule has 1 aliphatic rings. The van der Waals surface area contributed by atoms with E-state index in [-0.39, 0.29) is 18.1 Å². The van der Waals surface area contributed by atoms with Gasteiger partial charge < -0.3 is 15.3 Å². The maximum atomic E-state index is 13.1. The molecule has 6 heteroatoms. The summed E-state index contributed by atoms with van der Waals surface area (Å²) in [6.45, 7) is 6.33. The fourth-order valence-corrected chi connectivity index (χ4v) is 3.31. The average Bonchev–Trinajstić information content (AvgIpc) is 2.55. The summed E-state index contributed by atoms with van der Waals surface area (Å²) in [5.41, 5.74) is 0.603. The molecule has 1 aromatic carbocycles. The number of halogens is 1. The number of carboxylic acid groups (broad SMARTS) is 1. The lowest BCUT2D eigenvalue weighted by molar-refractivity contribution is -0.137. The van der Waals surface area contributed by atoms with Crippen LogP contribution in [0.1, 0.15) is 51.1 Å². The largest absolute Gasteiger partial charge is 0.481 e. The Hall–Kier alpha value is -1.95. The minimum Gasteiger partial charge on any atom is -0.481 e. The Morgan fingerprint density at radius 2 is 1.84 bits per heavy atom. The van der Waals surface area contributed by atoms with Crippen molar-refractivity contribution in [1.29, 1.82) is 0 Å². The smallest absolute Gasteiger partial charge is 0.305 e. The zero-order valence-electron chi connectivity index (χ0n) is 14.9. The van der Waals surface area contributed by atoms with Gasteiger partial charge in [-0.15, -0.1) is 0 Å². The topological polar surface area (TPSA) is 69.6 Å². The van der Waals surface area contributed by atoms with E-state index in [1.807, 2.05) is 0 Å². The van der Waals surface area contributed by atoms with Gasteiger partial charge in [-0.2, -0.15) is 0 Å². The highest BCUT2D eigenvalue weighted by Gasteiger charge is 2.24. The number of hydrogen-bond donors (Lipinski definition) is 2. The molecule has 2 N–H and O–H groups in total. The van der Waals surface area contributed by atoms with Gasteiger partial charge >= 0.3 is 5.97 Å². The maximum Gasteiger partial charge on any atom is 0.305 e. The van der Waals surface area contributed by atoms with Gasteiger partial charge in [-0.05, 0) is 63.4 Å². The number of piperidine rings is 1. The molecule has 25 heavy (non-hydrogen) atoms. The highest BCUT2D eigenvalue weighted by molar-refractivity contribution is 5.78. The van der Waals surface area contributed by atoms with E-state index in [2.05, 4.69) is 24.1 Å². The highest BCUT2D eigenvalue weighted by Crippen LogP contribution is 2.23. The summed E-state index contributed by atoms with van der Waals surface area (Å²) in [7, 11) is 0. The minimum atomic E-state index is -1.00. The lowest BCUT2D eigenvalue weighted by Crippen LogP contribution is -2.40. The van der Waals surface area contributed by atoms with Crippen LogP contribution in [0.3, 0.4) is 0 Å². The highest BCUT2D eigenvalue weighted by atomic mass is 19.1. The van der Waals surface area contributed by atoms with E-state index in [1.54, 1.807) is 0 Å². The van der Waals surface area contributed by atoms with E-state index in [1.165, 1.54) is 24.3 Å². The number of carboxylic acids is 1. The van der Waals surface area contributed by atoms with E-state index in [9.17, 15) is 14.0 Å². The third-order valence-electron chi connectivity index (χ3n) is 4.84. The van der Waals surface area contributed by atoms with Crippen molar-refractivity contribution < 1.29 is 19.1 Å². The molecule has 2 rings (SSSR count). The fraction of sp³-hybridized carbons (Fsp3) is 0.579. The summed E-state index contributed by atoms with van der Waals surface area (Å²) in [5, 5.41) is 11.9. The van der Waals surface area contributed by atoms with Gasteiger partial charge in [0, 0.05) is 12.5 Å². The summed E-state index contributed by atoms with van der Waals surface area (Å²) in [6, 6.07) is 5.47. The van der Waals surface area contributed by atoms with Crippen molar-refractivity contribution in [2.75, 3.05) is 13.1 Å². The number of benzene rings is 1. The molecule has 0 unspecified atom stereocenters. The summed E-state index contributed by atoms with van der Waals surface area (Å²) >= 11 is 0. The van der Waals surface area contributed by atoms with Crippen LogP contribution in [0.15, 0.2) is 24.3 Å². The first-order chi connectivity index (χ1) is 11.8. The zero-order valence-corrected chi connectivity index (χ0v) is 14.9. The van der Waals surface area contributed by atoms with E-state index in [0.29, 0.717) is 23.9 Å². The molecule has 138 valence electrons. The Balaban J connectivity index is 1.91. The van der Waals surface area contributed by atoms with Crippen LogP contribution in [-0.2, 0) is 9.59 Å². The van der Waals surface area contributed by atoms with Gasteiger partial charge in [0.15, 0.2) is 0 Å². The molecule has 1 fully saturated rings. The molecule has 1 saturated heterocycles. The molecule has 1 aromatic rings. The molecule has 1 amide bonds. The van der Waals surface area contributed by atoms with Crippen LogP contribution in [0.5, 0.6) is 0 Å². The van der Waals surface area contributed by atoms with Gasteiger partial charge in [-0.1, -0.05) is 12.1 Å². The Labute approximate surface area is 148 Å². The standard InChI is InChI=1S/C19H27FN2O3/c1-13(2)22-9-7-14(8-10-22)11-18(23)21-17(12-19(24)25)15-3-5-16(20)6-4-15/h3-6,13-14,17H,7-12H2,1-2H3,(H,21,23)(H,24,25)/t17-/m0/s1. The lowest BCUT2D eigenvalue weighted by atomic mass is 9.92. The number of nitrogens with zero attached hydrogens (tertiary/aromatic N) is 1. The second kappa shape index (κ2) is 8.94. The molecular formula is C19H27FN2O3. The molecule has 0 bridgehead atoms. The van der Waals surface area contributed by atoms with Crippen LogP contribution in [0.25, 0.3) is 0 Å². The van der Waals surface area contributed by atoms with Crippen molar-refractivity contribution >= 4 is 11.9 Å². The Bertz CT molecular complexity index is 581. The average molecular weight is 350 g/mol. The van der Waals surface area contributed by atoms with Gasteiger partial charge in [0.2, 0.25) is 5.91 Å². The number of rotatable bonds is 7. The number of likely N-dealkylation sites (tertiary alicyclic amines) is 1. The Morgan fingerprint density at radius 3 is 2.36 bits per heavy atom. The van der Waals surface area contributed by atoms with Crippen molar-refractivity contribution in [2.45, 2.75) is 51.6 Å². The quantitative estimate of drug-likeness (QED) is 0.793. The molecule has 0 saturated carbocycles. The van der Waals surface area contributed by atoms with Crippen molar-refractivity contribution in [3.63, 3.8) is 0 Å². The summed E-state index contributed by atoms with van der Waals surface area (Å²) in [5.74, 6) is -1.20. The van der Waals surface area contributed by atoms with E-state index < -0.39 is 12.0 Å². The number of amides is 1. The van der Waals surface area contributed by atoms with Crippen LogP contribution >= 0.6 is 0 Å². The summed E-state index contributed by atoms with van der Waals surface area (Å²) < 4.78 is 13.1. The first-order valence-electron chi connectivity index (χ1n) is 8.86. The van der Waals surface area contributed by atoms with E-state index in [0.717, 1.165) is 25.9 Å². The van der Waals surface area contributed by atoms with Gasteiger partial charge in [0.05, 0.1) is 12.5 Å². The second-order valence-electron chi connectivity index (χ2n) is 7.05. The van der Waals surface area contributed by atoms with Gasteiger partial charge in [0.25, 0.3) is 0 Å². The second-order valence-corrected chi connectivity index (χ2v) is 7.05. The SMILES string of the molecule is CC(C)N1CCC(CC(=O)N[C@@H](CC(=O)O)c2ccc(F)cc2)CC1. The normalized spacial score (nSPS) is 17.4. The first kappa shape index (κ1) is 19.4. The monoisotopic (exact) mass is 350 g/mol. The zero-order chi connectivity index (χ0) is 18.4. The number of aliphatic carboxylic acids is 1. The van der Waals surface area contributed by atoms with Crippen LogP contribution < -0.4 is 5.32 Å². The maximum absolute atomic E-state index is 13.1. The van der Waals surface area contributed by atoms with Crippen molar-refractivity contribution in [3.8, 4) is 0 Å². The molecule has 1 heterocycles. The third-order valence-corrected chi connectivity index (χ3v) is 4.84. The molecule has 5 nitrogen and oxygen atoms in total. The molecule has 1 aliphatic heterocycles. The Morgan fingerprint density at radius 1 is 1.24 bits per heavy atom. The fourth-order valence-electron chi connectivity index (χ4n) is 3.31. The van der Waals surface area contributed by atoms with E-state index in [4.69, 9.17) is 5.11 Å². The predicted octanol–water partition coefficient (Wildman–Crippen LogP) is 2.97. The van der Waals surface area contributed by atoms with Crippen LogP contribution in [0, 0.1) is 11.7 Å². The number of nitrogens with one attached hydrogen (secondary N) is 1. The molecule has 0 aromatic heterocycles. The molecule has 1 atom stereocenters. The predicted molar refractivity (Wildman–Crippen MR) is 93.6 cm³/mol. The molecular weight excluding hydrogens is 323 g/mol. The van der Waals surface area contributed by atoms with E-state index >= 15 is 0 Å². The van der Waals surface area contributed by atoms with Crippen LogP contribution in [0.2, 0.25) is 0 Å². The molecule has 0 aliphatic carbocycles. The van der Waals surface area contributed by atoms with Crippen molar-refractivity contribution in [1.82, 2.24) is 10.2 Å². The van der Waals surface area contributed by atoms with Gasteiger partial charge in [-0.25, -0.2) is 4.39 Å². The summed E-state index contributed by atoms with van der Waals surface area (Å²) in [4.78, 5) is 25.9. The number of hydrogen-bond acceptors (Lipinski definition) is 3. The van der Waals surface area contributed by atoms with Crippen molar-refractivity contribution in [2.24, 2.45) is 5.92 Å². The molecule has 0 radical (unpaired) electrons. The van der Waals surface area contributed by atoms with Gasteiger partial charge in [0.1, 0.15) is 5.82 Å². The summed E-state index contributed by atoms with van der Waals surface area (Å²) in [6.07, 6.45) is 2.14. The third kappa shape index (κ3) is 6.12. The van der Waals surface area contributed by atoms with Gasteiger partial charge in [-0.3, -0.25) is 9.59 Å². The van der Waals surface area contributed by atoms with Crippen LogP contribution in [0.4, 0.5) is 4.39 Å². The first-order valence-corrected chi connectivity index (χ1v) is 8.86. The number of carbonyl (C=O) groups excluding carboxylic acids is 1. The van der Waals surface area contributed by atoms with Crippen LogP contribution in [-0.4, -0.2) is 41.0 Å². The lowest BCUT2D eigenvalue weighted by Gasteiger charge is -2.34. The minimum absolute atomic E-state index is 0.140. The number of carbonyl (C=O) groups is 2. The van der Waals surface area contributed by atoms with Crippen molar-refractivity contribution in [3.05, 3.63) is 35.6 Å². The Kier molecular flexibility index (Phi) is 6.93.